The molecule has 2 unspecified atom stereocenters. The van der Waals surface area contributed by atoms with Gasteiger partial charge in [0, 0.05) is 16.9 Å². The quantitative estimate of drug-likeness (QED) is 0.147. The third-order valence-corrected chi connectivity index (χ3v) is 15.2. The van der Waals surface area contributed by atoms with Crippen molar-refractivity contribution in [2.75, 3.05) is 4.90 Å². The Morgan fingerprint density at radius 1 is 0.333 bits per heavy atom. The Hall–Kier alpha value is -8.00. The molecule has 1 nitrogen and oxygen atoms in total. The van der Waals surface area contributed by atoms with Crippen LogP contribution >= 0.6 is 0 Å². The van der Waals surface area contributed by atoms with Gasteiger partial charge in [0.15, 0.2) is 0 Å². The van der Waals surface area contributed by atoms with Crippen molar-refractivity contribution in [3.05, 3.63) is 304 Å². The van der Waals surface area contributed by atoms with E-state index < -0.39 is 10.8 Å². The van der Waals surface area contributed by atoms with Crippen LogP contribution in [0.2, 0.25) is 0 Å². The van der Waals surface area contributed by atoms with E-state index in [0.717, 1.165) is 11.4 Å². The second-order valence-corrected chi connectivity index (χ2v) is 20.2. The highest BCUT2D eigenvalue weighted by atomic mass is 15.1. The van der Waals surface area contributed by atoms with E-state index in [1.165, 1.54) is 100 Å². The molecule has 0 aromatic heterocycles. The summed E-state index contributed by atoms with van der Waals surface area (Å²) in [6.07, 6.45) is 0. The summed E-state index contributed by atoms with van der Waals surface area (Å²) in [6.45, 7) is 11.4. The van der Waals surface area contributed by atoms with Gasteiger partial charge in [-0.1, -0.05) is 245 Å². The first-order valence-corrected chi connectivity index (χ1v) is 24.4. The molecule has 69 heavy (non-hydrogen) atoms. The molecule has 1 heteroatoms. The largest absolute Gasteiger partial charge is 0.310 e. The summed E-state index contributed by atoms with van der Waals surface area (Å²) in [4.78, 5) is 2.54. The SMILES string of the molecule is Cc1cccc(C2(c3ccccc3)c3ccccc3-c3cc(N(c4ccc5c(c4)-c4ccccc4C5(c4ccccc4)c4ccc(C(C)(C)C)cc4)c4c(C)cccc4-c4ccccc4)ccc32)c1. The molecule has 2 atom stereocenters. The van der Waals surface area contributed by atoms with Gasteiger partial charge in [0.1, 0.15) is 0 Å². The normalized spacial score (nSPS) is 16.6. The molecule has 0 amide bonds. The van der Waals surface area contributed by atoms with E-state index in [0.29, 0.717) is 0 Å². The van der Waals surface area contributed by atoms with E-state index in [9.17, 15) is 0 Å². The van der Waals surface area contributed by atoms with Crippen molar-refractivity contribution < 1.29 is 0 Å². The van der Waals surface area contributed by atoms with Gasteiger partial charge in [-0.25, -0.2) is 0 Å². The van der Waals surface area contributed by atoms with Crippen LogP contribution in [0.3, 0.4) is 0 Å². The first-order valence-electron chi connectivity index (χ1n) is 24.4. The van der Waals surface area contributed by atoms with Crippen molar-refractivity contribution >= 4 is 17.1 Å². The number of hydrogen-bond acceptors (Lipinski definition) is 1. The van der Waals surface area contributed by atoms with E-state index in [4.69, 9.17) is 0 Å². The van der Waals surface area contributed by atoms with Gasteiger partial charge in [0.2, 0.25) is 0 Å². The molecule has 0 bridgehead atoms. The van der Waals surface area contributed by atoms with Gasteiger partial charge in [-0.05, 0) is 127 Å². The van der Waals surface area contributed by atoms with Gasteiger partial charge in [0.25, 0.3) is 0 Å². The lowest BCUT2D eigenvalue weighted by atomic mass is 9.67. The molecule has 332 valence electrons. The zero-order chi connectivity index (χ0) is 46.9. The van der Waals surface area contributed by atoms with E-state index in [-0.39, 0.29) is 5.41 Å². The number of para-hydroxylation sites is 1. The molecule has 0 spiro atoms. The molecule has 0 radical (unpaired) electrons. The summed E-state index contributed by atoms with van der Waals surface area (Å²) in [6, 6.07) is 91.3. The van der Waals surface area contributed by atoms with Gasteiger partial charge < -0.3 is 4.90 Å². The van der Waals surface area contributed by atoms with Crippen LogP contribution in [0.5, 0.6) is 0 Å². The zero-order valence-corrected chi connectivity index (χ0v) is 40.0. The van der Waals surface area contributed by atoms with Gasteiger partial charge in [-0.2, -0.15) is 0 Å². The molecular formula is C68H55N. The predicted octanol–water partition coefficient (Wildman–Crippen LogP) is 17.5. The van der Waals surface area contributed by atoms with Crippen molar-refractivity contribution in [1.29, 1.82) is 0 Å². The Kier molecular flexibility index (Phi) is 10.0. The molecule has 10 aromatic carbocycles. The molecular weight excluding hydrogens is 831 g/mol. The summed E-state index contributed by atoms with van der Waals surface area (Å²) in [5.74, 6) is 0. The van der Waals surface area contributed by atoms with Crippen LogP contribution in [0.1, 0.15) is 82.0 Å². The molecule has 2 aliphatic rings. The topological polar surface area (TPSA) is 3.24 Å². The fourth-order valence-electron chi connectivity index (χ4n) is 12.1. The molecule has 0 fully saturated rings. The Balaban J connectivity index is 1.13. The van der Waals surface area contributed by atoms with Crippen molar-refractivity contribution in [3.63, 3.8) is 0 Å². The maximum absolute atomic E-state index is 2.54. The Morgan fingerprint density at radius 3 is 1.30 bits per heavy atom. The van der Waals surface area contributed by atoms with Crippen LogP contribution in [0, 0.1) is 13.8 Å². The number of rotatable bonds is 8. The second kappa shape index (κ2) is 16.4. The number of nitrogens with zero attached hydrogens (tertiary/aromatic N) is 1. The van der Waals surface area contributed by atoms with Crippen LogP contribution in [0.15, 0.2) is 243 Å². The minimum absolute atomic E-state index is 0.0414. The summed E-state index contributed by atoms with van der Waals surface area (Å²) < 4.78 is 0. The molecule has 2 aliphatic carbocycles. The van der Waals surface area contributed by atoms with Gasteiger partial charge >= 0.3 is 0 Å². The van der Waals surface area contributed by atoms with Gasteiger partial charge in [-0.15, -0.1) is 0 Å². The predicted molar refractivity (Wildman–Crippen MR) is 289 cm³/mol. The van der Waals surface area contributed by atoms with E-state index in [2.05, 4.69) is 282 Å². The highest BCUT2D eigenvalue weighted by molar-refractivity contribution is 5.96. The average molecular weight is 886 g/mol. The number of aryl methyl sites for hydroxylation is 2. The lowest BCUT2D eigenvalue weighted by molar-refractivity contribution is 0.589. The standard InChI is InChI=1S/C68H55N/c1-46-21-19-29-53(43-46)68(51-27-13-8-14-28-51)62-34-18-16-31-58(62)60-45-55(40-42-64(60)68)69(65-47(2)22-20-32-56(65)48-23-9-6-10-24-48)54-39-41-63-59(44-54)57-30-15-17-33-61(57)67(63,50-25-11-7-12-26-50)52-37-35-49(36-38-52)66(3,4)5/h6-45H,1-5H3. The van der Waals surface area contributed by atoms with Crippen molar-refractivity contribution in [3.8, 4) is 33.4 Å². The van der Waals surface area contributed by atoms with Crippen molar-refractivity contribution in [1.82, 2.24) is 0 Å². The zero-order valence-electron chi connectivity index (χ0n) is 40.0. The Labute approximate surface area is 408 Å². The van der Waals surface area contributed by atoms with E-state index in [1.54, 1.807) is 0 Å². The smallest absolute Gasteiger partial charge is 0.0713 e. The summed E-state index contributed by atoms with van der Waals surface area (Å²) >= 11 is 0. The van der Waals surface area contributed by atoms with Crippen LogP contribution in [0.25, 0.3) is 33.4 Å². The maximum atomic E-state index is 2.54. The minimum atomic E-state index is -0.515. The maximum Gasteiger partial charge on any atom is 0.0713 e. The third kappa shape index (κ3) is 6.52. The molecule has 0 aliphatic heterocycles. The van der Waals surface area contributed by atoms with Crippen molar-refractivity contribution in [2.24, 2.45) is 0 Å². The summed E-state index contributed by atoms with van der Waals surface area (Å²) in [7, 11) is 0. The Morgan fingerprint density at radius 2 is 0.768 bits per heavy atom. The Bertz CT molecular complexity index is 3540. The van der Waals surface area contributed by atoms with Crippen LogP contribution < -0.4 is 4.90 Å². The van der Waals surface area contributed by atoms with Gasteiger partial charge in [0.05, 0.1) is 16.5 Å². The number of fused-ring (bicyclic) bond motifs is 6. The highest BCUT2D eigenvalue weighted by Crippen LogP contribution is 2.60. The highest BCUT2D eigenvalue weighted by Gasteiger charge is 2.48. The first kappa shape index (κ1) is 42.4. The fraction of sp³-hybridized carbons (Fsp3) is 0.118. The van der Waals surface area contributed by atoms with Crippen LogP contribution in [0.4, 0.5) is 17.1 Å². The molecule has 10 aromatic rings. The van der Waals surface area contributed by atoms with E-state index in [1.807, 2.05) is 0 Å². The third-order valence-electron chi connectivity index (χ3n) is 15.2. The van der Waals surface area contributed by atoms with E-state index >= 15 is 0 Å². The molecule has 12 rings (SSSR count). The fourth-order valence-corrected chi connectivity index (χ4v) is 12.1. The average Bonchev–Trinajstić information content (AvgIpc) is 3.85. The monoisotopic (exact) mass is 885 g/mol. The molecule has 0 saturated carbocycles. The summed E-state index contributed by atoms with van der Waals surface area (Å²) in [5.41, 5.74) is 23.9. The first-order chi connectivity index (χ1) is 33.7. The molecule has 0 saturated heterocycles. The molecule has 0 heterocycles. The van der Waals surface area contributed by atoms with Crippen LogP contribution in [-0.4, -0.2) is 0 Å². The lowest BCUT2D eigenvalue weighted by Gasteiger charge is -2.35. The number of benzene rings is 10. The second-order valence-electron chi connectivity index (χ2n) is 20.2. The van der Waals surface area contributed by atoms with Crippen LogP contribution in [-0.2, 0) is 16.2 Å². The number of anilines is 3. The van der Waals surface area contributed by atoms with Gasteiger partial charge in [-0.3, -0.25) is 0 Å². The van der Waals surface area contributed by atoms with Crippen molar-refractivity contribution in [2.45, 2.75) is 50.9 Å². The number of hydrogen-bond donors (Lipinski definition) is 0. The lowest BCUT2D eigenvalue weighted by Crippen LogP contribution is -2.29. The minimum Gasteiger partial charge on any atom is -0.310 e. The molecule has 0 N–H and O–H groups in total. The summed E-state index contributed by atoms with van der Waals surface area (Å²) in [5, 5.41) is 0.